The zero-order valence-corrected chi connectivity index (χ0v) is 17.8. The smallest absolute Gasteiger partial charge is 0.222 e. The van der Waals surface area contributed by atoms with Crippen LogP contribution in [-0.2, 0) is 4.79 Å². The van der Waals surface area contributed by atoms with Crippen LogP contribution in [0.15, 0.2) is 12.2 Å². The minimum Gasteiger partial charge on any atom is -0.342 e. The lowest BCUT2D eigenvalue weighted by atomic mass is 9.99. The molecule has 2 heteroatoms. The van der Waals surface area contributed by atoms with Gasteiger partial charge in [-0.15, -0.1) is 0 Å². The van der Waals surface area contributed by atoms with Gasteiger partial charge in [0.15, 0.2) is 0 Å². The van der Waals surface area contributed by atoms with Gasteiger partial charge in [0.05, 0.1) is 0 Å². The monoisotopic (exact) mass is 363 g/mol. The maximum Gasteiger partial charge on any atom is 0.222 e. The molecular weight excluding hydrogens is 318 g/mol. The predicted octanol–water partition coefficient (Wildman–Crippen LogP) is 7.28. The van der Waals surface area contributed by atoms with Crippen molar-refractivity contribution in [2.75, 3.05) is 13.1 Å². The molecule has 1 aliphatic rings. The molecule has 0 aromatic rings. The maximum absolute atomic E-state index is 12.2. The zero-order chi connectivity index (χ0) is 18.9. The predicted molar refractivity (Wildman–Crippen MR) is 114 cm³/mol. The van der Waals surface area contributed by atoms with E-state index in [1.165, 1.54) is 89.9 Å². The molecule has 26 heavy (non-hydrogen) atoms. The molecule has 2 nitrogen and oxygen atoms in total. The molecule has 0 bridgehead atoms. The van der Waals surface area contributed by atoms with Crippen LogP contribution in [0.4, 0.5) is 0 Å². The molecule has 1 saturated heterocycles. The average molecular weight is 364 g/mol. The Kier molecular flexibility index (Phi) is 14.7. The van der Waals surface area contributed by atoms with Crippen molar-refractivity contribution in [1.82, 2.24) is 4.90 Å². The van der Waals surface area contributed by atoms with Gasteiger partial charge >= 0.3 is 0 Å². The summed E-state index contributed by atoms with van der Waals surface area (Å²) >= 11 is 0. The number of unbranched alkanes of at least 4 members (excludes halogenated alkanes) is 11. The summed E-state index contributed by atoms with van der Waals surface area (Å²) in [5.74, 6) is 1.09. The minimum atomic E-state index is 0.397. The third-order valence-corrected chi connectivity index (χ3v) is 5.66. The maximum atomic E-state index is 12.2. The fourth-order valence-electron chi connectivity index (χ4n) is 3.92. The van der Waals surface area contributed by atoms with E-state index in [0.717, 1.165) is 25.9 Å². The number of hydrogen-bond acceptors (Lipinski definition) is 1. The molecule has 1 unspecified atom stereocenters. The molecule has 0 radical (unpaired) electrons. The van der Waals surface area contributed by atoms with Crippen LogP contribution in [0, 0.1) is 5.92 Å². The molecule has 0 N–H and O–H groups in total. The van der Waals surface area contributed by atoms with Crippen molar-refractivity contribution in [3.8, 4) is 0 Å². The van der Waals surface area contributed by atoms with Gasteiger partial charge in [-0.05, 0) is 50.9 Å². The summed E-state index contributed by atoms with van der Waals surface area (Å²) in [7, 11) is 0. The van der Waals surface area contributed by atoms with Crippen molar-refractivity contribution in [2.24, 2.45) is 5.92 Å². The molecule has 1 aliphatic heterocycles. The van der Waals surface area contributed by atoms with E-state index in [0.29, 0.717) is 11.8 Å². The Hall–Kier alpha value is -0.790. The Labute approximate surface area is 163 Å². The fourth-order valence-corrected chi connectivity index (χ4v) is 3.92. The Balaban J connectivity index is 1.83. The molecule has 152 valence electrons. The molecular formula is C24H45NO. The van der Waals surface area contributed by atoms with Crippen molar-refractivity contribution < 1.29 is 4.79 Å². The first-order valence-electron chi connectivity index (χ1n) is 11.7. The summed E-state index contributed by atoms with van der Waals surface area (Å²) in [6.07, 6.45) is 25.1. The lowest BCUT2D eigenvalue weighted by Gasteiger charge is -2.31. The molecule has 1 amide bonds. The third-order valence-electron chi connectivity index (χ3n) is 5.66. The third kappa shape index (κ3) is 12.5. The van der Waals surface area contributed by atoms with Gasteiger partial charge in [0, 0.05) is 19.5 Å². The first-order chi connectivity index (χ1) is 12.7. The average Bonchev–Trinajstić information content (AvgIpc) is 2.64. The Morgan fingerprint density at radius 1 is 0.885 bits per heavy atom. The SMILES string of the molecule is CCCCCCCC/C=C\CCCCCCCC(=O)N1CCCC(C)C1. The topological polar surface area (TPSA) is 20.3 Å². The second kappa shape index (κ2) is 16.4. The summed E-state index contributed by atoms with van der Waals surface area (Å²) in [6.45, 7) is 6.53. The van der Waals surface area contributed by atoms with E-state index in [9.17, 15) is 4.79 Å². The Morgan fingerprint density at radius 3 is 2.08 bits per heavy atom. The van der Waals surface area contributed by atoms with E-state index in [-0.39, 0.29) is 0 Å². The van der Waals surface area contributed by atoms with Gasteiger partial charge in [-0.2, -0.15) is 0 Å². The van der Waals surface area contributed by atoms with Crippen molar-refractivity contribution in [3.63, 3.8) is 0 Å². The molecule has 0 aliphatic carbocycles. The number of amides is 1. The normalized spacial score (nSPS) is 17.9. The van der Waals surface area contributed by atoms with Gasteiger partial charge < -0.3 is 4.90 Å². The first-order valence-corrected chi connectivity index (χ1v) is 11.7. The number of allylic oxidation sites excluding steroid dienone is 2. The number of hydrogen-bond donors (Lipinski definition) is 0. The van der Waals surface area contributed by atoms with Crippen LogP contribution in [0.25, 0.3) is 0 Å². The van der Waals surface area contributed by atoms with Crippen molar-refractivity contribution in [3.05, 3.63) is 12.2 Å². The van der Waals surface area contributed by atoms with Gasteiger partial charge in [-0.25, -0.2) is 0 Å². The lowest BCUT2D eigenvalue weighted by molar-refractivity contribution is -0.133. The number of piperidine rings is 1. The van der Waals surface area contributed by atoms with Gasteiger partial charge in [0.1, 0.15) is 0 Å². The first kappa shape index (κ1) is 23.2. The van der Waals surface area contributed by atoms with Crippen LogP contribution in [0.5, 0.6) is 0 Å². The van der Waals surface area contributed by atoms with Gasteiger partial charge in [-0.1, -0.05) is 77.4 Å². The number of carbonyl (C=O) groups excluding carboxylic acids is 1. The number of rotatable bonds is 15. The largest absolute Gasteiger partial charge is 0.342 e. The quantitative estimate of drug-likeness (QED) is 0.221. The highest BCUT2D eigenvalue weighted by molar-refractivity contribution is 5.76. The highest BCUT2D eigenvalue weighted by Crippen LogP contribution is 2.17. The number of carbonyl (C=O) groups is 1. The van der Waals surface area contributed by atoms with Crippen LogP contribution in [-0.4, -0.2) is 23.9 Å². The molecule has 0 spiro atoms. The van der Waals surface area contributed by atoms with E-state index in [1.54, 1.807) is 0 Å². The fraction of sp³-hybridized carbons (Fsp3) is 0.875. The van der Waals surface area contributed by atoms with Crippen LogP contribution >= 0.6 is 0 Å². The number of nitrogens with zero attached hydrogens (tertiary/aromatic N) is 1. The zero-order valence-electron chi connectivity index (χ0n) is 17.8. The number of likely N-dealkylation sites (tertiary alicyclic amines) is 1. The Morgan fingerprint density at radius 2 is 1.46 bits per heavy atom. The molecule has 0 aromatic heterocycles. The molecule has 1 rings (SSSR count). The minimum absolute atomic E-state index is 0.397. The van der Waals surface area contributed by atoms with E-state index in [1.807, 2.05) is 0 Å². The summed E-state index contributed by atoms with van der Waals surface area (Å²) in [6, 6.07) is 0. The van der Waals surface area contributed by atoms with E-state index < -0.39 is 0 Å². The van der Waals surface area contributed by atoms with Crippen LogP contribution in [0.2, 0.25) is 0 Å². The van der Waals surface area contributed by atoms with Crippen LogP contribution in [0.3, 0.4) is 0 Å². The summed E-state index contributed by atoms with van der Waals surface area (Å²) in [5, 5.41) is 0. The summed E-state index contributed by atoms with van der Waals surface area (Å²) in [5.41, 5.74) is 0. The van der Waals surface area contributed by atoms with Crippen molar-refractivity contribution in [1.29, 1.82) is 0 Å². The van der Waals surface area contributed by atoms with Crippen molar-refractivity contribution in [2.45, 2.75) is 117 Å². The Bertz CT molecular complexity index is 363. The van der Waals surface area contributed by atoms with E-state index in [4.69, 9.17) is 0 Å². The second-order valence-electron chi connectivity index (χ2n) is 8.42. The van der Waals surface area contributed by atoms with Crippen molar-refractivity contribution >= 4 is 5.91 Å². The molecule has 0 saturated carbocycles. The van der Waals surface area contributed by atoms with Gasteiger partial charge in [0.2, 0.25) is 5.91 Å². The lowest BCUT2D eigenvalue weighted by Crippen LogP contribution is -2.38. The summed E-state index contributed by atoms with van der Waals surface area (Å²) < 4.78 is 0. The molecule has 1 atom stereocenters. The van der Waals surface area contributed by atoms with Gasteiger partial charge in [-0.3, -0.25) is 4.79 Å². The van der Waals surface area contributed by atoms with Crippen LogP contribution < -0.4 is 0 Å². The molecule has 0 aromatic carbocycles. The highest BCUT2D eigenvalue weighted by Gasteiger charge is 2.20. The molecule has 1 fully saturated rings. The molecule has 1 heterocycles. The van der Waals surface area contributed by atoms with E-state index >= 15 is 0 Å². The second-order valence-corrected chi connectivity index (χ2v) is 8.42. The van der Waals surface area contributed by atoms with E-state index in [2.05, 4.69) is 30.9 Å². The van der Waals surface area contributed by atoms with Crippen LogP contribution in [0.1, 0.15) is 117 Å². The standard InChI is InChI=1S/C24H45NO/c1-3-4-5-6-7-8-9-10-11-12-13-14-15-16-17-20-24(26)25-21-18-19-23(2)22-25/h10-11,23H,3-9,12-22H2,1-2H3/b11-10-. The van der Waals surface area contributed by atoms with Gasteiger partial charge in [0.25, 0.3) is 0 Å². The highest BCUT2D eigenvalue weighted by atomic mass is 16.2. The summed E-state index contributed by atoms with van der Waals surface area (Å²) in [4.78, 5) is 14.3.